The highest BCUT2D eigenvalue weighted by Crippen LogP contribution is 2.32. The maximum atomic E-state index is 13.8. The van der Waals surface area contributed by atoms with Crippen LogP contribution in [0, 0.1) is 12.7 Å². The summed E-state index contributed by atoms with van der Waals surface area (Å²) in [6.45, 7) is 3.31. The number of carbonyl (C=O) groups is 1. The van der Waals surface area contributed by atoms with E-state index in [2.05, 4.69) is 5.32 Å². The fourth-order valence-corrected chi connectivity index (χ4v) is 4.33. The summed E-state index contributed by atoms with van der Waals surface area (Å²) >= 11 is 0. The van der Waals surface area contributed by atoms with Crippen LogP contribution in [0.5, 0.6) is 0 Å². The van der Waals surface area contributed by atoms with Crippen molar-refractivity contribution >= 4 is 32.5 Å². The van der Waals surface area contributed by atoms with E-state index in [0.717, 1.165) is 6.07 Å². The molecule has 0 saturated heterocycles. The predicted molar refractivity (Wildman–Crippen MR) is 122 cm³/mol. The molecule has 0 spiro atoms. The molecule has 0 radical (unpaired) electrons. The first-order chi connectivity index (χ1) is 16.2. The fourth-order valence-electron chi connectivity index (χ4n) is 3.69. The van der Waals surface area contributed by atoms with Crippen LogP contribution in [-0.2, 0) is 27.5 Å². The number of benzene rings is 2. The monoisotopic (exact) mass is 514 g/mol. The summed E-state index contributed by atoms with van der Waals surface area (Å²) in [6, 6.07) is 6.44. The summed E-state index contributed by atoms with van der Waals surface area (Å²) in [5.74, 6) is -2.61. The molecule has 7 nitrogen and oxygen atoms in total. The average molecular weight is 514 g/mol. The zero-order chi connectivity index (χ0) is 26.1. The van der Waals surface area contributed by atoms with Gasteiger partial charge >= 0.3 is 6.18 Å². The Bertz CT molecular complexity index is 1450. The molecule has 0 unspecified atom stereocenters. The Morgan fingerprint density at radius 3 is 2.43 bits per heavy atom. The number of fused-ring (bicyclic) bond motifs is 1. The Labute approximate surface area is 198 Å². The zero-order valence-corrected chi connectivity index (χ0v) is 19.5. The molecule has 35 heavy (non-hydrogen) atoms. The average Bonchev–Trinajstić information content (AvgIpc) is 2.73. The van der Waals surface area contributed by atoms with E-state index in [0.29, 0.717) is 28.8 Å². The second-order valence-corrected chi connectivity index (χ2v) is 9.78. The van der Waals surface area contributed by atoms with Gasteiger partial charge in [0.1, 0.15) is 5.82 Å². The third-order valence-electron chi connectivity index (χ3n) is 5.56. The van der Waals surface area contributed by atoms with Crippen LogP contribution in [0.1, 0.15) is 36.1 Å². The molecular formula is C23H22F4N2O5S. The summed E-state index contributed by atoms with van der Waals surface area (Å²) in [5, 5.41) is 3.29. The lowest BCUT2D eigenvalue weighted by molar-refractivity contribution is -0.140. The highest BCUT2D eigenvalue weighted by molar-refractivity contribution is 7.85. The molecule has 3 rings (SSSR count). The van der Waals surface area contributed by atoms with E-state index >= 15 is 0 Å². The molecule has 0 saturated carbocycles. The maximum Gasteiger partial charge on any atom is 0.419 e. The first kappa shape index (κ1) is 26.4. The second-order valence-electron chi connectivity index (χ2n) is 8.21. The summed E-state index contributed by atoms with van der Waals surface area (Å²) in [7, 11) is -4.19. The maximum absolute atomic E-state index is 13.8. The molecule has 12 heteroatoms. The molecule has 1 amide bonds. The predicted octanol–water partition coefficient (Wildman–Crippen LogP) is 4.49. The Balaban J connectivity index is 1.87. The number of alkyl halides is 3. The van der Waals surface area contributed by atoms with Gasteiger partial charge in [-0.2, -0.15) is 21.6 Å². The number of carbonyl (C=O) groups excluding carboxylic acids is 1. The molecule has 0 aliphatic carbocycles. The summed E-state index contributed by atoms with van der Waals surface area (Å²) in [6.07, 6.45) is -3.79. The van der Waals surface area contributed by atoms with Crippen LogP contribution < -0.4 is 10.9 Å². The van der Waals surface area contributed by atoms with Crippen LogP contribution >= 0.6 is 0 Å². The number of nitrogens with zero attached hydrogens (tertiary/aromatic N) is 1. The lowest BCUT2D eigenvalue weighted by atomic mass is 10.0. The first-order valence-electron chi connectivity index (χ1n) is 10.4. The van der Waals surface area contributed by atoms with E-state index < -0.39 is 57.4 Å². The number of anilines is 1. The van der Waals surface area contributed by atoms with E-state index in [1.165, 1.54) is 10.8 Å². The SMILES string of the molecule is Cc1ccc2c(=O)n([C@H](C)CCS(=O)(=O)O)ccc2c1NC(=O)Cc1ccc(C(F)(F)F)c(F)c1. The van der Waals surface area contributed by atoms with Crippen molar-refractivity contribution in [2.24, 2.45) is 0 Å². The van der Waals surface area contributed by atoms with Crippen molar-refractivity contribution in [2.75, 3.05) is 11.1 Å². The van der Waals surface area contributed by atoms with E-state index in [9.17, 15) is 35.6 Å². The molecule has 3 aromatic rings. The number of aryl methyl sites for hydroxylation is 1. The van der Waals surface area contributed by atoms with E-state index in [-0.39, 0.29) is 17.4 Å². The Morgan fingerprint density at radius 2 is 1.83 bits per heavy atom. The van der Waals surface area contributed by atoms with Crippen LogP contribution in [0.15, 0.2) is 47.4 Å². The summed E-state index contributed by atoms with van der Waals surface area (Å²) in [5.41, 5.74) is -0.893. The second kappa shape index (κ2) is 9.78. The molecular weight excluding hydrogens is 492 g/mol. The van der Waals surface area contributed by atoms with Gasteiger partial charge in [-0.05, 0) is 55.7 Å². The molecule has 0 aliphatic heterocycles. The van der Waals surface area contributed by atoms with Gasteiger partial charge in [-0.15, -0.1) is 0 Å². The molecule has 1 aromatic heterocycles. The van der Waals surface area contributed by atoms with Gasteiger partial charge in [-0.1, -0.05) is 12.1 Å². The van der Waals surface area contributed by atoms with E-state index in [1.54, 1.807) is 32.0 Å². The highest BCUT2D eigenvalue weighted by atomic mass is 32.2. The number of halogens is 4. The zero-order valence-electron chi connectivity index (χ0n) is 18.7. The lowest BCUT2D eigenvalue weighted by Crippen LogP contribution is -2.25. The Morgan fingerprint density at radius 1 is 1.14 bits per heavy atom. The van der Waals surface area contributed by atoms with Crippen molar-refractivity contribution in [3.63, 3.8) is 0 Å². The summed E-state index contributed by atoms with van der Waals surface area (Å²) in [4.78, 5) is 25.6. The summed E-state index contributed by atoms with van der Waals surface area (Å²) < 4.78 is 84.4. The van der Waals surface area contributed by atoms with Gasteiger partial charge in [0.15, 0.2) is 0 Å². The van der Waals surface area contributed by atoms with Crippen LogP contribution in [0.2, 0.25) is 0 Å². The minimum atomic E-state index is -4.85. The number of nitrogens with one attached hydrogen (secondary N) is 1. The van der Waals surface area contributed by atoms with Crippen molar-refractivity contribution in [3.05, 3.63) is 75.5 Å². The Kier molecular flexibility index (Phi) is 7.37. The molecule has 0 fully saturated rings. The third kappa shape index (κ3) is 6.25. The molecule has 1 heterocycles. The van der Waals surface area contributed by atoms with E-state index in [4.69, 9.17) is 4.55 Å². The molecule has 0 aliphatic rings. The number of rotatable bonds is 7. The van der Waals surface area contributed by atoms with Gasteiger partial charge in [0.25, 0.3) is 15.7 Å². The normalized spacial score (nSPS) is 13.1. The quantitative estimate of drug-likeness (QED) is 0.357. The number of hydrogen-bond donors (Lipinski definition) is 2. The highest BCUT2D eigenvalue weighted by Gasteiger charge is 2.34. The molecule has 2 N–H and O–H groups in total. The minimum Gasteiger partial charge on any atom is -0.325 e. The van der Waals surface area contributed by atoms with Crippen molar-refractivity contribution in [2.45, 2.75) is 38.9 Å². The van der Waals surface area contributed by atoms with Crippen LogP contribution in [-0.4, -0.2) is 29.2 Å². The molecule has 188 valence electrons. The smallest absolute Gasteiger partial charge is 0.325 e. The lowest BCUT2D eigenvalue weighted by Gasteiger charge is -2.17. The van der Waals surface area contributed by atoms with Crippen molar-refractivity contribution in [1.29, 1.82) is 0 Å². The number of aromatic nitrogens is 1. The van der Waals surface area contributed by atoms with Crippen molar-refractivity contribution in [1.82, 2.24) is 4.57 Å². The van der Waals surface area contributed by atoms with Crippen molar-refractivity contribution < 1.29 is 35.3 Å². The van der Waals surface area contributed by atoms with Gasteiger partial charge in [0.05, 0.1) is 23.4 Å². The van der Waals surface area contributed by atoms with Crippen LogP contribution in [0.25, 0.3) is 10.8 Å². The number of pyridine rings is 1. The van der Waals surface area contributed by atoms with Gasteiger partial charge in [-0.25, -0.2) is 4.39 Å². The van der Waals surface area contributed by atoms with Crippen LogP contribution in [0.3, 0.4) is 0 Å². The van der Waals surface area contributed by atoms with Gasteiger partial charge in [-0.3, -0.25) is 14.1 Å². The van der Waals surface area contributed by atoms with Crippen LogP contribution in [0.4, 0.5) is 23.2 Å². The molecule has 0 bridgehead atoms. The van der Waals surface area contributed by atoms with Gasteiger partial charge in [0.2, 0.25) is 5.91 Å². The topological polar surface area (TPSA) is 105 Å². The standard InChI is InChI=1S/C23H22F4N2O5S/c1-13-3-5-17-16(7-9-29(22(17)31)14(2)8-10-35(32,33)34)21(13)28-20(30)12-15-4-6-18(19(24)11-15)23(25,26)27/h3-7,9,11,14H,8,10,12H2,1-2H3,(H,28,30)(H,32,33,34)/t14-/m1/s1. The van der Waals surface area contributed by atoms with Gasteiger partial charge in [0, 0.05) is 23.0 Å². The number of hydrogen-bond acceptors (Lipinski definition) is 4. The Hall–Kier alpha value is -3.25. The molecule has 2 aromatic carbocycles. The fraction of sp³-hybridized carbons (Fsp3) is 0.304. The molecule has 1 atom stereocenters. The largest absolute Gasteiger partial charge is 0.419 e. The van der Waals surface area contributed by atoms with Gasteiger partial charge < -0.3 is 9.88 Å². The van der Waals surface area contributed by atoms with E-state index in [1.807, 2.05) is 0 Å². The van der Waals surface area contributed by atoms with Crippen molar-refractivity contribution in [3.8, 4) is 0 Å². The third-order valence-corrected chi connectivity index (χ3v) is 6.31. The minimum absolute atomic E-state index is 0.00336. The number of amides is 1. The first-order valence-corrected chi connectivity index (χ1v) is 12.0.